The number of hydrogen-bond acceptors (Lipinski definition) is 3. The lowest BCUT2D eigenvalue weighted by Gasteiger charge is -2.18. The molecule has 7 heteroatoms. The first kappa shape index (κ1) is 19.3. The highest BCUT2D eigenvalue weighted by Gasteiger charge is 2.14. The first-order valence-corrected chi connectivity index (χ1v) is 9.04. The largest absolute Gasteiger partial charge is 0.339 e. The molecule has 1 heterocycles. The molecule has 3 aromatic rings. The number of carbonyl (C=O) groups excluding carboxylic acids is 2. The first-order valence-electron chi connectivity index (χ1n) is 9.04. The molecule has 0 aliphatic carbocycles. The molecule has 2 amide bonds. The molecule has 0 saturated heterocycles. The average Bonchev–Trinajstić information content (AvgIpc) is 3.20. The van der Waals surface area contributed by atoms with Crippen LogP contribution in [0.25, 0.3) is 5.69 Å². The van der Waals surface area contributed by atoms with Gasteiger partial charge in [-0.05, 0) is 62.4 Å². The summed E-state index contributed by atoms with van der Waals surface area (Å²) in [6.07, 6.45) is 1.59. The van der Waals surface area contributed by atoms with Crippen molar-refractivity contribution in [1.82, 2.24) is 14.7 Å². The van der Waals surface area contributed by atoms with E-state index in [0.717, 1.165) is 0 Å². The molecule has 28 heavy (non-hydrogen) atoms. The van der Waals surface area contributed by atoms with E-state index < -0.39 is 5.91 Å². The van der Waals surface area contributed by atoms with Gasteiger partial charge >= 0.3 is 0 Å². The molecule has 0 radical (unpaired) electrons. The molecule has 0 atom stereocenters. The van der Waals surface area contributed by atoms with Gasteiger partial charge in [0.25, 0.3) is 11.8 Å². The number of aromatic nitrogens is 2. The van der Waals surface area contributed by atoms with Gasteiger partial charge in [-0.15, -0.1) is 0 Å². The summed E-state index contributed by atoms with van der Waals surface area (Å²) in [6, 6.07) is 14.2. The van der Waals surface area contributed by atoms with Gasteiger partial charge < -0.3 is 10.2 Å². The molecule has 1 N–H and O–H groups in total. The van der Waals surface area contributed by atoms with Crippen molar-refractivity contribution in [3.63, 3.8) is 0 Å². The third kappa shape index (κ3) is 4.25. The summed E-state index contributed by atoms with van der Waals surface area (Å²) >= 11 is 0. The lowest BCUT2D eigenvalue weighted by molar-refractivity contribution is 0.0773. The van der Waals surface area contributed by atoms with Crippen LogP contribution in [-0.2, 0) is 0 Å². The molecular weight excluding hydrogens is 359 g/mol. The van der Waals surface area contributed by atoms with Crippen LogP contribution in [0, 0.1) is 5.82 Å². The quantitative estimate of drug-likeness (QED) is 0.708. The Morgan fingerprint density at radius 3 is 2.43 bits per heavy atom. The van der Waals surface area contributed by atoms with Crippen LogP contribution in [0.4, 0.5) is 10.1 Å². The van der Waals surface area contributed by atoms with Gasteiger partial charge in [-0.25, -0.2) is 9.07 Å². The molecule has 1 aromatic heterocycles. The van der Waals surface area contributed by atoms with Crippen LogP contribution in [0.5, 0.6) is 0 Å². The summed E-state index contributed by atoms with van der Waals surface area (Å²) in [5, 5.41) is 6.93. The van der Waals surface area contributed by atoms with Gasteiger partial charge in [-0.2, -0.15) is 5.10 Å². The van der Waals surface area contributed by atoms with Crippen molar-refractivity contribution in [3.8, 4) is 5.69 Å². The van der Waals surface area contributed by atoms with E-state index in [0.29, 0.717) is 30.0 Å². The van der Waals surface area contributed by atoms with E-state index in [2.05, 4.69) is 10.4 Å². The molecule has 0 fully saturated rings. The van der Waals surface area contributed by atoms with Crippen molar-refractivity contribution < 1.29 is 14.0 Å². The Morgan fingerprint density at radius 1 is 1.07 bits per heavy atom. The number of nitrogens with one attached hydrogen (secondary N) is 1. The van der Waals surface area contributed by atoms with Crippen LogP contribution in [0.1, 0.15) is 34.7 Å². The van der Waals surface area contributed by atoms with Crippen molar-refractivity contribution in [3.05, 3.63) is 77.9 Å². The van der Waals surface area contributed by atoms with Gasteiger partial charge in [0.1, 0.15) is 5.82 Å². The molecule has 0 saturated carbocycles. The zero-order valence-electron chi connectivity index (χ0n) is 15.7. The highest BCUT2D eigenvalue weighted by atomic mass is 19.1. The summed E-state index contributed by atoms with van der Waals surface area (Å²) in [7, 11) is 0. The van der Waals surface area contributed by atoms with Crippen molar-refractivity contribution in [2.24, 2.45) is 0 Å². The Hall–Kier alpha value is -3.48. The van der Waals surface area contributed by atoms with E-state index in [1.54, 1.807) is 53.6 Å². The Morgan fingerprint density at radius 2 is 1.79 bits per heavy atom. The van der Waals surface area contributed by atoms with Gasteiger partial charge in [-0.1, -0.05) is 6.07 Å². The first-order chi connectivity index (χ1) is 13.5. The SMILES string of the molecule is CCN(CC)C(=O)c1ccc(NC(=O)c2ccn(-c3cccc(F)c3)n2)cc1. The second-order valence-corrected chi connectivity index (χ2v) is 6.13. The Balaban J connectivity index is 1.69. The van der Waals surface area contributed by atoms with E-state index in [1.807, 2.05) is 13.8 Å². The van der Waals surface area contributed by atoms with Crippen LogP contribution in [-0.4, -0.2) is 39.6 Å². The zero-order chi connectivity index (χ0) is 20.1. The standard InChI is InChI=1S/C21H21FN4O2/c1-3-25(4-2)21(28)15-8-10-17(11-9-15)23-20(27)19-12-13-26(24-19)18-7-5-6-16(22)14-18/h5-14H,3-4H2,1-2H3,(H,23,27). The number of carbonyl (C=O) groups is 2. The van der Waals surface area contributed by atoms with Crippen LogP contribution in [0.15, 0.2) is 60.8 Å². The Kier molecular flexibility index (Phi) is 5.84. The Bertz CT molecular complexity index is 978. The molecule has 0 bridgehead atoms. The second-order valence-electron chi connectivity index (χ2n) is 6.13. The monoisotopic (exact) mass is 380 g/mol. The summed E-state index contributed by atoms with van der Waals surface area (Å²) in [4.78, 5) is 26.5. The van der Waals surface area contributed by atoms with Crippen molar-refractivity contribution in [1.29, 1.82) is 0 Å². The van der Waals surface area contributed by atoms with Crippen molar-refractivity contribution >= 4 is 17.5 Å². The molecule has 0 aliphatic rings. The summed E-state index contributed by atoms with van der Waals surface area (Å²) in [5.41, 5.74) is 1.85. The minimum Gasteiger partial charge on any atom is -0.339 e. The van der Waals surface area contributed by atoms with Gasteiger partial charge in [0, 0.05) is 30.5 Å². The van der Waals surface area contributed by atoms with E-state index in [-0.39, 0.29) is 17.4 Å². The van der Waals surface area contributed by atoms with Crippen molar-refractivity contribution in [2.45, 2.75) is 13.8 Å². The molecule has 3 rings (SSSR count). The van der Waals surface area contributed by atoms with Crippen molar-refractivity contribution in [2.75, 3.05) is 18.4 Å². The number of anilines is 1. The minimum atomic E-state index is -0.391. The molecule has 0 unspecified atom stereocenters. The summed E-state index contributed by atoms with van der Waals surface area (Å²) < 4.78 is 14.8. The Labute approximate surface area is 162 Å². The van der Waals surface area contributed by atoms with Crippen LogP contribution in [0.2, 0.25) is 0 Å². The maximum absolute atomic E-state index is 13.3. The zero-order valence-corrected chi connectivity index (χ0v) is 15.7. The number of benzene rings is 2. The normalized spacial score (nSPS) is 10.5. The third-order valence-electron chi connectivity index (χ3n) is 4.33. The summed E-state index contributed by atoms with van der Waals surface area (Å²) in [6.45, 7) is 5.14. The van der Waals surface area contributed by atoms with Gasteiger partial charge in [0.05, 0.1) is 5.69 Å². The van der Waals surface area contributed by atoms with Crippen LogP contribution >= 0.6 is 0 Å². The maximum atomic E-state index is 13.3. The lowest BCUT2D eigenvalue weighted by atomic mass is 10.1. The number of halogens is 1. The fraction of sp³-hybridized carbons (Fsp3) is 0.190. The molecule has 144 valence electrons. The number of amides is 2. The molecular formula is C21H21FN4O2. The van der Waals surface area contributed by atoms with E-state index in [9.17, 15) is 14.0 Å². The highest BCUT2D eigenvalue weighted by molar-refractivity contribution is 6.03. The predicted molar refractivity (Wildman–Crippen MR) is 105 cm³/mol. The third-order valence-corrected chi connectivity index (χ3v) is 4.33. The topological polar surface area (TPSA) is 67.2 Å². The number of nitrogens with zero attached hydrogens (tertiary/aromatic N) is 3. The molecule has 0 aliphatic heterocycles. The van der Waals surface area contributed by atoms with E-state index in [4.69, 9.17) is 0 Å². The molecule has 2 aromatic carbocycles. The van der Waals surface area contributed by atoms with Crippen LogP contribution < -0.4 is 5.32 Å². The second kappa shape index (κ2) is 8.47. The predicted octanol–water partition coefficient (Wildman–Crippen LogP) is 3.75. The molecule has 0 spiro atoms. The smallest absolute Gasteiger partial charge is 0.276 e. The fourth-order valence-corrected chi connectivity index (χ4v) is 2.79. The van der Waals surface area contributed by atoms with E-state index >= 15 is 0 Å². The maximum Gasteiger partial charge on any atom is 0.276 e. The van der Waals surface area contributed by atoms with E-state index in [1.165, 1.54) is 16.8 Å². The van der Waals surface area contributed by atoms with Gasteiger partial charge in [-0.3, -0.25) is 9.59 Å². The van der Waals surface area contributed by atoms with Crippen LogP contribution in [0.3, 0.4) is 0 Å². The van der Waals surface area contributed by atoms with Gasteiger partial charge in [0.2, 0.25) is 0 Å². The average molecular weight is 380 g/mol. The lowest BCUT2D eigenvalue weighted by Crippen LogP contribution is -2.30. The fourth-order valence-electron chi connectivity index (χ4n) is 2.79. The number of rotatable bonds is 6. The summed E-state index contributed by atoms with van der Waals surface area (Å²) in [5.74, 6) is -0.812. The number of hydrogen-bond donors (Lipinski definition) is 1. The molecule has 6 nitrogen and oxygen atoms in total. The van der Waals surface area contributed by atoms with Gasteiger partial charge in [0.15, 0.2) is 5.69 Å². The minimum absolute atomic E-state index is 0.0447. The highest BCUT2D eigenvalue weighted by Crippen LogP contribution is 2.14.